The second kappa shape index (κ2) is 7.94. The number of morpholine rings is 1. The van der Waals surface area contributed by atoms with Crippen LogP contribution in [0.25, 0.3) is 0 Å². The number of hydrogen-bond donors (Lipinski definition) is 0. The predicted octanol–water partition coefficient (Wildman–Crippen LogP) is 0.910. The Labute approximate surface area is 142 Å². The van der Waals surface area contributed by atoms with Gasteiger partial charge in [0.1, 0.15) is 4.90 Å². The van der Waals surface area contributed by atoms with Crippen LogP contribution in [0.3, 0.4) is 0 Å². The molecule has 6 nitrogen and oxygen atoms in total. The van der Waals surface area contributed by atoms with Gasteiger partial charge in [-0.2, -0.15) is 16.1 Å². The van der Waals surface area contributed by atoms with Gasteiger partial charge in [-0.05, 0) is 24.3 Å². The standard InChI is InChI=1S/C15H23N3O3S2/c19-23(20,15-3-1-4-16-11-15)18-5-2-10-22-13-14(18)12-17-6-8-21-9-7-17/h1,3-4,11,14H,2,5-10,12-13H2. The Bertz CT molecular complexity index is 591. The fraction of sp³-hybridized carbons (Fsp3) is 0.667. The number of ether oxygens (including phenoxy) is 1. The lowest BCUT2D eigenvalue weighted by atomic mass is 10.2. The van der Waals surface area contributed by atoms with Crippen LogP contribution in [0.15, 0.2) is 29.4 Å². The molecule has 128 valence electrons. The van der Waals surface area contributed by atoms with Gasteiger partial charge in [0.25, 0.3) is 0 Å². The van der Waals surface area contributed by atoms with Gasteiger partial charge in [-0.25, -0.2) is 8.42 Å². The van der Waals surface area contributed by atoms with Crippen molar-refractivity contribution in [1.29, 1.82) is 0 Å². The second-order valence-corrected chi connectivity index (χ2v) is 8.84. The number of hydrogen-bond acceptors (Lipinski definition) is 6. The zero-order chi connectivity index (χ0) is 16.1. The molecule has 2 fully saturated rings. The highest BCUT2D eigenvalue weighted by molar-refractivity contribution is 7.99. The number of sulfonamides is 1. The van der Waals surface area contributed by atoms with E-state index in [2.05, 4.69) is 9.88 Å². The van der Waals surface area contributed by atoms with Gasteiger partial charge in [0.2, 0.25) is 10.0 Å². The zero-order valence-electron chi connectivity index (χ0n) is 13.1. The van der Waals surface area contributed by atoms with Crippen molar-refractivity contribution < 1.29 is 13.2 Å². The van der Waals surface area contributed by atoms with E-state index < -0.39 is 10.0 Å². The van der Waals surface area contributed by atoms with Crippen molar-refractivity contribution in [1.82, 2.24) is 14.2 Å². The Morgan fingerprint density at radius 1 is 1.30 bits per heavy atom. The van der Waals surface area contributed by atoms with E-state index in [1.165, 1.54) is 6.20 Å². The summed E-state index contributed by atoms with van der Waals surface area (Å²) in [5.41, 5.74) is 0. The van der Waals surface area contributed by atoms with E-state index in [-0.39, 0.29) is 6.04 Å². The van der Waals surface area contributed by atoms with E-state index in [0.717, 1.165) is 50.8 Å². The van der Waals surface area contributed by atoms with Crippen LogP contribution in [0.2, 0.25) is 0 Å². The second-order valence-electron chi connectivity index (χ2n) is 5.80. The largest absolute Gasteiger partial charge is 0.379 e. The monoisotopic (exact) mass is 357 g/mol. The van der Waals surface area contributed by atoms with Crippen molar-refractivity contribution in [3.8, 4) is 0 Å². The molecule has 0 radical (unpaired) electrons. The number of thioether (sulfide) groups is 1. The van der Waals surface area contributed by atoms with Crippen LogP contribution in [0, 0.1) is 0 Å². The first kappa shape index (κ1) is 17.2. The Morgan fingerprint density at radius 2 is 2.13 bits per heavy atom. The fourth-order valence-electron chi connectivity index (χ4n) is 2.98. The Balaban J connectivity index is 1.80. The summed E-state index contributed by atoms with van der Waals surface area (Å²) in [6.45, 7) is 4.57. The number of pyridine rings is 1. The minimum Gasteiger partial charge on any atom is -0.379 e. The van der Waals surface area contributed by atoms with Crippen LogP contribution in [0.5, 0.6) is 0 Å². The summed E-state index contributed by atoms with van der Waals surface area (Å²) in [5, 5.41) is 0. The average Bonchev–Trinajstić information content (AvgIpc) is 2.82. The van der Waals surface area contributed by atoms with Gasteiger partial charge in [0.15, 0.2) is 0 Å². The summed E-state index contributed by atoms with van der Waals surface area (Å²) in [7, 11) is -3.49. The van der Waals surface area contributed by atoms with E-state index in [1.807, 2.05) is 11.8 Å². The third-order valence-corrected chi connectivity index (χ3v) is 7.33. The lowest BCUT2D eigenvalue weighted by molar-refractivity contribution is 0.0309. The van der Waals surface area contributed by atoms with E-state index in [1.54, 1.807) is 22.6 Å². The third-order valence-electron chi connectivity index (χ3n) is 4.20. The van der Waals surface area contributed by atoms with Gasteiger partial charge in [-0.15, -0.1) is 0 Å². The van der Waals surface area contributed by atoms with E-state index >= 15 is 0 Å². The van der Waals surface area contributed by atoms with E-state index in [0.29, 0.717) is 11.4 Å². The van der Waals surface area contributed by atoms with Gasteiger partial charge < -0.3 is 4.74 Å². The van der Waals surface area contributed by atoms with Crippen LogP contribution < -0.4 is 0 Å². The molecule has 0 bridgehead atoms. The highest BCUT2D eigenvalue weighted by Gasteiger charge is 2.34. The molecule has 3 rings (SSSR count). The lowest BCUT2D eigenvalue weighted by Crippen LogP contribution is -2.50. The molecular formula is C15H23N3O3S2. The smallest absolute Gasteiger partial charge is 0.244 e. The minimum absolute atomic E-state index is 0.00538. The van der Waals surface area contributed by atoms with Crippen molar-refractivity contribution >= 4 is 21.8 Å². The molecule has 0 amide bonds. The van der Waals surface area contributed by atoms with Gasteiger partial charge in [-0.3, -0.25) is 9.88 Å². The average molecular weight is 358 g/mol. The number of aromatic nitrogens is 1. The van der Waals surface area contributed by atoms with E-state index in [4.69, 9.17) is 4.74 Å². The fourth-order valence-corrected chi connectivity index (χ4v) is 5.75. The van der Waals surface area contributed by atoms with Crippen LogP contribution in [0.4, 0.5) is 0 Å². The summed E-state index contributed by atoms with van der Waals surface area (Å²) in [6.07, 6.45) is 3.94. The summed E-state index contributed by atoms with van der Waals surface area (Å²) >= 11 is 1.85. The molecule has 8 heteroatoms. The summed E-state index contributed by atoms with van der Waals surface area (Å²) in [6, 6.07) is 3.31. The number of nitrogens with zero attached hydrogens (tertiary/aromatic N) is 3. The minimum atomic E-state index is -3.49. The maximum Gasteiger partial charge on any atom is 0.244 e. The van der Waals surface area contributed by atoms with Crippen LogP contribution >= 0.6 is 11.8 Å². The molecule has 0 spiro atoms. The first-order chi connectivity index (χ1) is 11.2. The summed E-state index contributed by atoms with van der Waals surface area (Å²) in [4.78, 5) is 6.57. The molecule has 2 aliphatic heterocycles. The highest BCUT2D eigenvalue weighted by atomic mass is 32.2. The topological polar surface area (TPSA) is 62.7 Å². The summed E-state index contributed by atoms with van der Waals surface area (Å²) in [5.74, 6) is 1.86. The zero-order valence-corrected chi connectivity index (χ0v) is 14.8. The molecule has 0 aromatic carbocycles. The SMILES string of the molecule is O=S(=O)(c1cccnc1)N1CCCSCC1CN1CCOCC1. The molecule has 1 aromatic rings. The van der Waals surface area contributed by atoms with Crippen LogP contribution in [-0.4, -0.2) is 79.5 Å². The lowest BCUT2D eigenvalue weighted by Gasteiger charge is -2.34. The molecule has 0 saturated carbocycles. The molecule has 3 heterocycles. The Kier molecular flexibility index (Phi) is 5.92. The van der Waals surface area contributed by atoms with Crippen molar-refractivity contribution in [2.75, 3.05) is 50.9 Å². The Hall–Kier alpha value is -0.670. The van der Waals surface area contributed by atoms with Crippen molar-refractivity contribution in [3.05, 3.63) is 24.5 Å². The molecule has 23 heavy (non-hydrogen) atoms. The molecule has 2 aliphatic rings. The van der Waals surface area contributed by atoms with Gasteiger partial charge in [0.05, 0.1) is 13.2 Å². The maximum absolute atomic E-state index is 13.0. The van der Waals surface area contributed by atoms with Crippen molar-refractivity contribution in [3.63, 3.8) is 0 Å². The third kappa shape index (κ3) is 4.24. The molecule has 1 unspecified atom stereocenters. The first-order valence-electron chi connectivity index (χ1n) is 7.97. The number of rotatable bonds is 4. The van der Waals surface area contributed by atoms with E-state index in [9.17, 15) is 8.42 Å². The van der Waals surface area contributed by atoms with Gasteiger partial charge in [-0.1, -0.05) is 0 Å². The molecule has 1 aromatic heterocycles. The molecule has 0 aliphatic carbocycles. The molecular weight excluding hydrogens is 334 g/mol. The summed E-state index contributed by atoms with van der Waals surface area (Å²) < 4.78 is 33.1. The highest BCUT2D eigenvalue weighted by Crippen LogP contribution is 2.24. The predicted molar refractivity (Wildman–Crippen MR) is 91.1 cm³/mol. The van der Waals surface area contributed by atoms with Crippen molar-refractivity contribution in [2.24, 2.45) is 0 Å². The van der Waals surface area contributed by atoms with Crippen LogP contribution in [0.1, 0.15) is 6.42 Å². The Morgan fingerprint density at radius 3 is 2.87 bits per heavy atom. The first-order valence-corrected chi connectivity index (χ1v) is 10.6. The van der Waals surface area contributed by atoms with Crippen LogP contribution in [-0.2, 0) is 14.8 Å². The maximum atomic E-state index is 13.0. The van der Waals surface area contributed by atoms with Gasteiger partial charge >= 0.3 is 0 Å². The quantitative estimate of drug-likeness (QED) is 0.798. The molecule has 1 atom stereocenters. The van der Waals surface area contributed by atoms with Crippen molar-refractivity contribution in [2.45, 2.75) is 17.4 Å². The molecule has 0 N–H and O–H groups in total. The molecule has 2 saturated heterocycles. The van der Waals surface area contributed by atoms with Gasteiger partial charge in [0, 0.05) is 50.4 Å². The normalized spacial score (nSPS) is 25.1.